The Bertz CT molecular complexity index is 891. The lowest BCUT2D eigenvalue weighted by molar-refractivity contribution is -0.136. The summed E-state index contributed by atoms with van der Waals surface area (Å²) >= 11 is 3.51. The summed E-state index contributed by atoms with van der Waals surface area (Å²) in [5.74, 6) is 0.125. The second-order valence-electron chi connectivity index (χ2n) is 6.25. The maximum Gasteiger partial charge on any atom is 0.250 e. The summed E-state index contributed by atoms with van der Waals surface area (Å²) in [6, 6.07) is 17.9. The number of imidazole rings is 1. The van der Waals surface area contributed by atoms with Crippen LogP contribution in [-0.4, -0.2) is 26.9 Å². The van der Waals surface area contributed by atoms with Gasteiger partial charge in [-0.05, 0) is 29.7 Å². The van der Waals surface area contributed by atoms with Crippen molar-refractivity contribution in [2.45, 2.75) is 19.0 Å². The van der Waals surface area contributed by atoms with Crippen molar-refractivity contribution in [3.05, 3.63) is 88.4 Å². The maximum absolute atomic E-state index is 13.2. The number of fused-ring (bicyclic) bond motifs is 1. The number of carbonyl (C=O) groups is 1. The summed E-state index contributed by atoms with van der Waals surface area (Å²) < 4.78 is 2.96. The molecule has 0 bridgehead atoms. The lowest BCUT2D eigenvalue weighted by Crippen LogP contribution is -2.43. The quantitative estimate of drug-likeness (QED) is 0.673. The van der Waals surface area contributed by atoms with E-state index in [1.165, 1.54) is 5.56 Å². The average Bonchev–Trinajstić information content (AvgIpc) is 3.08. The van der Waals surface area contributed by atoms with Gasteiger partial charge in [-0.15, -0.1) is 0 Å². The van der Waals surface area contributed by atoms with Crippen LogP contribution in [0.4, 0.5) is 0 Å². The van der Waals surface area contributed by atoms with Crippen LogP contribution in [0.3, 0.4) is 0 Å². The molecule has 0 radical (unpaired) electrons. The highest BCUT2D eigenvalue weighted by molar-refractivity contribution is 9.10. The zero-order chi connectivity index (χ0) is 17.2. The summed E-state index contributed by atoms with van der Waals surface area (Å²) in [5, 5.41) is 0. The summed E-state index contributed by atoms with van der Waals surface area (Å²) in [6.07, 6.45) is 4.46. The van der Waals surface area contributed by atoms with Crippen molar-refractivity contribution >= 4 is 21.8 Å². The number of benzene rings is 2. The third-order valence-electron chi connectivity index (χ3n) is 4.60. The molecule has 0 fully saturated rings. The smallest absolute Gasteiger partial charge is 0.250 e. The van der Waals surface area contributed by atoms with E-state index in [9.17, 15) is 4.79 Å². The van der Waals surface area contributed by atoms with E-state index in [0.717, 1.165) is 22.2 Å². The molecular weight excluding hydrogens is 378 g/mol. The normalized spacial score (nSPS) is 16.8. The molecule has 126 valence electrons. The zero-order valence-corrected chi connectivity index (χ0v) is 15.3. The molecule has 0 saturated carbocycles. The molecule has 4 rings (SSSR count). The minimum Gasteiger partial charge on any atom is -0.334 e. The van der Waals surface area contributed by atoms with Gasteiger partial charge in [0.1, 0.15) is 6.04 Å². The van der Waals surface area contributed by atoms with E-state index in [1.54, 1.807) is 6.33 Å². The molecule has 1 aliphatic heterocycles. The van der Waals surface area contributed by atoms with Gasteiger partial charge < -0.3 is 9.47 Å². The number of amides is 1. The molecule has 2 aromatic carbocycles. The molecule has 0 aliphatic carbocycles. The van der Waals surface area contributed by atoms with Crippen molar-refractivity contribution in [1.82, 2.24) is 14.5 Å². The van der Waals surface area contributed by atoms with Crippen molar-refractivity contribution in [2.75, 3.05) is 6.54 Å². The molecule has 2 heterocycles. The van der Waals surface area contributed by atoms with Gasteiger partial charge in [0.2, 0.25) is 0 Å². The third kappa shape index (κ3) is 3.24. The van der Waals surface area contributed by atoms with E-state index in [4.69, 9.17) is 0 Å². The van der Waals surface area contributed by atoms with Gasteiger partial charge in [-0.2, -0.15) is 0 Å². The van der Waals surface area contributed by atoms with E-state index in [0.29, 0.717) is 13.1 Å². The topological polar surface area (TPSA) is 38.1 Å². The van der Waals surface area contributed by atoms with Gasteiger partial charge in [-0.1, -0.05) is 58.4 Å². The van der Waals surface area contributed by atoms with E-state index in [-0.39, 0.29) is 11.9 Å². The fourth-order valence-electron chi connectivity index (χ4n) is 3.33. The van der Waals surface area contributed by atoms with Crippen LogP contribution in [0, 0.1) is 0 Å². The standard InChI is InChI=1S/C20H18BrN3O/c21-17-8-4-7-16(11-17)19-20(25)23(13-18-12-22-14-24(18)19)10-9-15-5-2-1-3-6-15/h1-8,11-12,14,19H,9-10,13H2. The molecule has 5 heteroatoms. The first kappa shape index (κ1) is 16.1. The molecule has 25 heavy (non-hydrogen) atoms. The fourth-order valence-corrected chi connectivity index (χ4v) is 3.75. The number of nitrogens with zero attached hydrogens (tertiary/aromatic N) is 3. The van der Waals surface area contributed by atoms with Crippen LogP contribution < -0.4 is 0 Å². The minimum absolute atomic E-state index is 0.125. The van der Waals surface area contributed by atoms with Gasteiger partial charge in [0, 0.05) is 17.2 Å². The number of halogens is 1. The van der Waals surface area contributed by atoms with Gasteiger partial charge in [0.05, 0.1) is 18.6 Å². The van der Waals surface area contributed by atoms with Crippen LogP contribution in [-0.2, 0) is 17.8 Å². The molecule has 3 aromatic rings. The van der Waals surface area contributed by atoms with Crippen LogP contribution >= 0.6 is 15.9 Å². The van der Waals surface area contributed by atoms with Gasteiger partial charge in [0.25, 0.3) is 5.91 Å². The van der Waals surface area contributed by atoms with Gasteiger partial charge in [-0.25, -0.2) is 4.98 Å². The number of hydrogen-bond donors (Lipinski definition) is 0. The van der Waals surface area contributed by atoms with Gasteiger partial charge >= 0.3 is 0 Å². The minimum atomic E-state index is -0.348. The van der Waals surface area contributed by atoms with Crippen molar-refractivity contribution in [1.29, 1.82) is 0 Å². The molecule has 1 amide bonds. The first-order valence-electron chi connectivity index (χ1n) is 8.31. The second kappa shape index (κ2) is 6.84. The Morgan fingerprint density at radius 3 is 2.76 bits per heavy atom. The number of aromatic nitrogens is 2. The summed E-state index contributed by atoms with van der Waals surface area (Å²) in [7, 11) is 0. The lowest BCUT2D eigenvalue weighted by atomic mass is 10.0. The predicted octanol–water partition coefficient (Wildman–Crippen LogP) is 3.82. The number of rotatable bonds is 4. The van der Waals surface area contributed by atoms with E-state index >= 15 is 0 Å². The highest BCUT2D eigenvalue weighted by Gasteiger charge is 2.33. The monoisotopic (exact) mass is 395 g/mol. The highest BCUT2D eigenvalue weighted by atomic mass is 79.9. The molecule has 1 aromatic heterocycles. The van der Waals surface area contributed by atoms with Crippen LogP contribution in [0.25, 0.3) is 0 Å². The van der Waals surface area contributed by atoms with Crippen LogP contribution in [0.5, 0.6) is 0 Å². The second-order valence-corrected chi connectivity index (χ2v) is 7.16. The lowest BCUT2D eigenvalue weighted by Gasteiger charge is -2.34. The molecule has 0 saturated heterocycles. The zero-order valence-electron chi connectivity index (χ0n) is 13.7. The molecule has 1 unspecified atom stereocenters. The number of hydrogen-bond acceptors (Lipinski definition) is 2. The van der Waals surface area contributed by atoms with Crippen molar-refractivity contribution in [3.8, 4) is 0 Å². The molecule has 4 nitrogen and oxygen atoms in total. The highest BCUT2D eigenvalue weighted by Crippen LogP contribution is 2.29. The Hall–Kier alpha value is -2.40. The van der Waals surface area contributed by atoms with E-state index in [2.05, 4.69) is 33.0 Å². The largest absolute Gasteiger partial charge is 0.334 e. The Morgan fingerprint density at radius 2 is 1.96 bits per heavy atom. The molecule has 0 N–H and O–H groups in total. The molecule has 1 atom stereocenters. The Morgan fingerprint density at radius 1 is 1.12 bits per heavy atom. The van der Waals surface area contributed by atoms with Gasteiger partial charge in [-0.3, -0.25) is 4.79 Å². The van der Waals surface area contributed by atoms with Crippen LogP contribution in [0.1, 0.15) is 22.9 Å². The average molecular weight is 396 g/mol. The van der Waals surface area contributed by atoms with E-state index < -0.39 is 0 Å². The third-order valence-corrected chi connectivity index (χ3v) is 5.09. The summed E-state index contributed by atoms with van der Waals surface area (Å²) in [5.41, 5.74) is 3.29. The van der Waals surface area contributed by atoms with Crippen molar-refractivity contribution in [2.24, 2.45) is 0 Å². The fraction of sp³-hybridized carbons (Fsp3) is 0.200. The molecule has 0 spiro atoms. The van der Waals surface area contributed by atoms with E-state index in [1.807, 2.05) is 58.1 Å². The van der Waals surface area contributed by atoms with Gasteiger partial charge in [0.15, 0.2) is 0 Å². The Kier molecular flexibility index (Phi) is 4.40. The molecule has 1 aliphatic rings. The van der Waals surface area contributed by atoms with Crippen molar-refractivity contribution in [3.63, 3.8) is 0 Å². The Balaban J connectivity index is 1.62. The molecular formula is C20H18BrN3O. The summed E-state index contributed by atoms with van der Waals surface area (Å²) in [6.45, 7) is 1.31. The van der Waals surface area contributed by atoms with Crippen LogP contribution in [0.2, 0.25) is 0 Å². The van der Waals surface area contributed by atoms with Crippen molar-refractivity contribution < 1.29 is 4.79 Å². The maximum atomic E-state index is 13.2. The summed E-state index contributed by atoms with van der Waals surface area (Å²) in [4.78, 5) is 19.4. The predicted molar refractivity (Wildman–Crippen MR) is 100 cm³/mol. The SMILES string of the molecule is O=C1C(c2cccc(Br)c2)n2cncc2CN1CCc1ccccc1. The number of carbonyl (C=O) groups excluding carboxylic acids is 1. The first-order chi connectivity index (χ1) is 12.2. The van der Waals surface area contributed by atoms with Crippen LogP contribution in [0.15, 0.2) is 71.6 Å². The first-order valence-corrected chi connectivity index (χ1v) is 9.10. The Labute approximate surface area is 155 Å².